The standard InChI is InChI=1S/C6H12N2O/c1-4-9-8-6(2,3)5-7/h8H,4H2,1-3H3. The van der Waals surface area contributed by atoms with E-state index in [1.807, 2.05) is 13.0 Å². The van der Waals surface area contributed by atoms with Crippen LogP contribution in [-0.4, -0.2) is 12.1 Å². The van der Waals surface area contributed by atoms with E-state index in [-0.39, 0.29) is 0 Å². The molecule has 0 heterocycles. The lowest BCUT2D eigenvalue weighted by molar-refractivity contribution is 0.0136. The summed E-state index contributed by atoms with van der Waals surface area (Å²) in [6.45, 7) is 5.94. The van der Waals surface area contributed by atoms with E-state index >= 15 is 0 Å². The van der Waals surface area contributed by atoms with Crippen LogP contribution in [0.5, 0.6) is 0 Å². The average Bonchev–Trinajstić information content (AvgIpc) is 1.84. The maximum Gasteiger partial charge on any atom is 0.124 e. The van der Waals surface area contributed by atoms with Crippen LogP contribution in [0.15, 0.2) is 0 Å². The Hall–Kier alpha value is -0.590. The van der Waals surface area contributed by atoms with Crippen molar-refractivity contribution >= 4 is 0 Å². The highest BCUT2D eigenvalue weighted by Gasteiger charge is 2.14. The first-order valence-corrected chi connectivity index (χ1v) is 2.92. The highest BCUT2D eigenvalue weighted by molar-refractivity contribution is 4.97. The molecule has 0 saturated heterocycles. The SMILES string of the molecule is CCONC(C)(C)C#N. The van der Waals surface area contributed by atoms with Crippen molar-refractivity contribution in [1.82, 2.24) is 5.48 Å². The number of nitriles is 1. The van der Waals surface area contributed by atoms with Crippen molar-refractivity contribution in [2.75, 3.05) is 6.61 Å². The van der Waals surface area contributed by atoms with Gasteiger partial charge in [-0.25, -0.2) is 0 Å². The van der Waals surface area contributed by atoms with E-state index in [4.69, 9.17) is 10.1 Å². The summed E-state index contributed by atoms with van der Waals surface area (Å²) in [7, 11) is 0. The number of nitrogens with zero attached hydrogens (tertiary/aromatic N) is 1. The van der Waals surface area contributed by atoms with Crippen molar-refractivity contribution in [2.24, 2.45) is 0 Å². The van der Waals surface area contributed by atoms with Gasteiger partial charge in [0.15, 0.2) is 0 Å². The fourth-order valence-electron chi connectivity index (χ4n) is 0.275. The molecule has 0 aliphatic heterocycles. The molecule has 52 valence electrons. The van der Waals surface area contributed by atoms with Crippen LogP contribution < -0.4 is 5.48 Å². The molecule has 0 aliphatic carbocycles. The second-order valence-electron chi connectivity index (χ2n) is 2.27. The Morgan fingerprint density at radius 2 is 2.22 bits per heavy atom. The monoisotopic (exact) mass is 128 g/mol. The molecular formula is C6H12N2O. The second kappa shape index (κ2) is 3.44. The summed E-state index contributed by atoms with van der Waals surface area (Å²) >= 11 is 0. The van der Waals surface area contributed by atoms with Gasteiger partial charge in [0.05, 0.1) is 12.7 Å². The van der Waals surface area contributed by atoms with Crippen molar-refractivity contribution in [3.8, 4) is 6.07 Å². The van der Waals surface area contributed by atoms with Gasteiger partial charge in [-0.1, -0.05) is 0 Å². The van der Waals surface area contributed by atoms with Crippen LogP contribution >= 0.6 is 0 Å². The van der Waals surface area contributed by atoms with E-state index in [1.54, 1.807) is 13.8 Å². The van der Waals surface area contributed by atoms with Crippen LogP contribution in [0.2, 0.25) is 0 Å². The Morgan fingerprint density at radius 1 is 1.67 bits per heavy atom. The Labute approximate surface area is 55.6 Å². The zero-order valence-electron chi connectivity index (χ0n) is 6.06. The highest BCUT2D eigenvalue weighted by atomic mass is 16.6. The van der Waals surface area contributed by atoms with Gasteiger partial charge < -0.3 is 4.84 Å². The fraction of sp³-hybridized carbons (Fsp3) is 0.833. The molecule has 3 nitrogen and oxygen atoms in total. The normalized spacial score (nSPS) is 10.9. The van der Waals surface area contributed by atoms with Gasteiger partial charge in [0.2, 0.25) is 0 Å². The van der Waals surface area contributed by atoms with Crippen LogP contribution in [0.25, 0.3) is 0 Å². The number of nitrogens with one attached hydrogen (secondary N) is 1. The summed E-state index contributed by atoms with van der Waals surface area (Å²) in [5.74, 6) is 0. The molecular weight excluding hydrogens is 116 g/mol. The Balaban J connectivity index is 3.49. The van der Waals surface area contributed by atoms with Crippen molar-refractivity contribution < 1.29 is 4.84 Å². The first-order chi connectivity index (χ1) is 4.12. The average molecular weight is 128 g/mol. The molecule has 0 rings (SSSR count). The predicted octanol–water partition coefficient (Wildman–Crippen LogP) is 0.830. The molecule has 0 aromatic carbocycles. The summed E-state index contributed by atoms with van der Waals surface area (Å²) in [5.41, 5.74) is 2.02. The van der Waals surface area contributed by atoms with Gasteiger partial charge in [0, 0.05) is 0 Å². The largest absolute Gasteiger partial charge is 0.301 e. The minimum absolute atomic E-state index is 0.573. The van der Waals surface area contributed by atoms with Gasteiger partial charge in [-0.05, 0) is 20.8 Å². The maximum absolute atomic E-state index is 8.43. The lowest BCUT2D eigenvalue weighted by Gasteiger charge is -2.15. The van der Waals surface area contributed by atoms with Gasteiger partial charge in [-0.3, -0.25) is 0 Å². The molecule has 0 aliphatic rings. The third kappa shape index (κ3) is 3.95. The van der Waals surface area contributed by atoms with Gasteiger partial charge in [-0.15, -0.1) is 0 Å². The van der Waals surface area contributed by atoms with Crippen LogP contribution in [0.4, 0.5) is 0 Å². The molecule has 0 saturated carbocycles. The molecule has 0 aromatic rings. The molecule has 0 radical (unpaired) electrons. The Kier molecular flexibility index (Phi) is 3.21. The van der Waals surface area contributed by atoms with E-state index in [1.165, 1.54) is 0 Å². The van der Waals surface area contributed by atoms with Gasteiger partial charge in [0.1, 0.15) is 5.54 Å². The molecule has 1 N–H and O–H groups in total. The first kappa shape index (κ1) is 8.41. The van der Waals surface area contributed by atoms with Crippen molar-refractivity contribution in [2.45, 2.75) is 26.3 Å². The predicted molar refractivity (Wildman–Crippen MR) is 34.5 cm³/mol. The molecule has 0 spiro atoms. The highest BCUT2D eigenvalue weighted by Crippen LogP contribution is 1.97. The quantitative estimate of drug-likeness (QED) is 0.572. The molecule has 0 fully saturated rings. The zero-order valence-corrected chi connectivity index (χ0v) is 6.06. The van der Waals surface area contributed by atoms with E-state index in [9.17, 15) is 0 Å². The number of hydrogen-bond acceptors (Lipinski definition) is 3. The lowest BCUT2D eigenvalue weighted by Crippen LogP contribution is -2.37. The molecule has 0 atom stereocenters. The van der Waals surface area contributed by atoms with Crippen LogP contribution in [0, 0.1) is 11.3 Å². The third-order valence-corrected chi connectivity index (χ3v) is 0.751. The molecule has 3 heteroatoms. The summed E-state index contributed by atoms with van der Waals surface area (Å²) in [4.78, 5) is 4.82. The summed E-state index contributed by atoms with van der Waals surface area (Å²) in [6.07, 6.45) is 0. The number of hydrogen-bond donors (Lipinski definition) is 1. The van der Waals surface area contributed by atoms with Crippen LogP contribution in [0.3, 0.4) is 0 Å². The van der Waals surface area contributed by atoms with Crippen LogP contribution in [-0.2, 0) is 4.84 Å². The fourth-order valence-corrected chi connectivity index (χ4v) is 0.275. The minimum Gasteiger partial charge on any atom is -0.301 e. The summed E-state index contributed by atoms with van der Waals surface area (Å²) < 4.78 is 0. The minimum atomic E-state index is -0.573. The van der Waals surface area contributed by atoms with E-state index in [0.29, 0.717) is 6.61 Å². The van der Waals surface area contributed by atoms with Gasteiger partial charge >= 0.3 is 0 Å². The second-order valence-corrected chi connectivity index (χ2v) is 2.27. The molecule has 0 unspecified atom stereocenters. The number of rotatable bonds is 3. The smallest absolute Gasteiger partial charge is 0.124 e. The summed E-state index contributed by atoms with van der Waals surface area (Å²) in [6, 6.07) is 2.04. The van der Waals surface area contributed by atoms with E-state index in [2.05, 4.69) is 5.48 Å². The van der Waals surface area contributed by atoms with Crippen molar-refractivity contribution in [3.63, 3.8) is 0 Å². The zero-order chi connectivity index (χ0) is 7.33. The number of hydroxylamine groups is 1. The van der Waals surface area contributed by atoms with Gasteiger partial charge in [-0.2, -0.15) is 10.7 Å². The van der Waals surface area contributed by atoms with E-state index in [0.717, 1.165) is 0 Å². The topological polar surface area (TPSA) is 45.0 Å². The maximum atomic E-state index is 8.43. The molecule has 0 amide bonds. The summed E-state index contributed by atoms with van der Waals surface area (Å²) in [5, 5.41) is 8.43. The molecule has 0 bridgehead atoms. The third-order valence-electron chi connectivity index (χ3n) is 0.751. The van der Waals surface area contributed by atoms with Gasteiger partial charge in [0.25, 0.3) is 0 Å². The van der Waals surface area contributed by atoms with E-state index < -0.39 is 5.54 Å². The van der Waals surface area contributed by atoms with Crippen molar-refractivity contribution in [1.29, 1.82) is 5.26 Å². The Bertz CT molecular complexity index is 115. The van der Waals surface area contributed by atoms with Crippen LogP contribution in [0.1, 0.15) is 20.8 Å². The molecule has 0 aromatic heterocycles. The molecule has 9 heavy (non-hydrogen) atoms. The Morgan fingerprint density at radius 3 is 2.56 bits per heavy atom. The first-order valence-electron chi connectivity index (χ1n) is 2.92. The lowest BCUT2D eigenvalue weighted by atomic mass is 10.1. The van der Waals surface area contributed by atoms with Crippen molar-refractivity contribution in [3.05, 3.63) is 0 Å².